The molecule has 1 fully saturated rings. The van der Waals surface area contributed by atoms with Gasteiger partial charge in [0.05, 0.1) is 11.0 Å². The molecule has 1 aliphatic heterocycles. The minimum Gasteiger partial charge on any atom is -0.479 e. The van der Waals surface area contributed by atoms with Gasteiger partial charge in [-0.2, -0.15) is 0 Å². The maximum absolute atomic E-state index is 11.3. The third-order valence-electron chi connectivity index (χ3n) is 2.71. The molecule has 0 aromatic rings. The summed E-state index contributed by atoms with van der Waals surface area (Å²) in [5.41, 5.74) is -1.65. The van der Waals surface area contributed by atoms with Crippen molar-refractivity contribution >= 4 is 22.2 Å². The number of aliphatic carboxylic acids is 1. The fourth-order valence-electron chi connectivity index (χ4n) is 1.63. The van der Waals surface area contributed by atoms with E-state index in [1.807, 2.05) is 0 Å². The monoisotopic (exact) mass is 221 g/mol. The zero-order chi connectivity index (χ0) is 11.0. The second kappa shape index (κ2) is 3.23. The van der Waals surface area contributed by atoms with Crippen LogP contribution in [0.25, 0.3) is 0 Å². The Hall–Kier alpha value is -1.11. The largest absolute Gasteiger partial charge is 0.479 e. The summed E-state index contributed by atoms with van der Waals surface area (Å²) in [6.07, 6.45) is 0.149. The van der Waals surface area contributed by atoms with Crippen LogP contribution in [0.4, 0.5) is 0 Å². The Morgan fingerprint density at radius 2 is 2.21 bits per heavy atom. The molecule has 1 amide bonds. The number of hydrogen-bond acceptors (Lipinski definition) is 4. The van der Waals surface area contributed by atoms with E-state index in [-0.39, 0.29) is 18.6 Å². The van der Waals surface area contributed by atoms with Crippen LogP contribution in [0.3, 0.4) is 0 Å². The van der Waals surface area contributed by atoms with Crippen molar-refractivity contribution in [3.05, 3.63) is 0 Å². The van der Waals surface area contributed by atoms with Crippen LogP contribution in [0.5, 0.6) is 0 Å². The molecular formula is C7H11NO5S. The van der Waals surface area contributed by atoms with E-state index in [0.29, 0.717) is 0 Å². The lowest BCUT2D eigenvalue weighted by molar-refractivity contribution is -0.146. The first-order valence-corrected chi connectivity index (χ1v) is 5.74. The molecule has 2 atom stereocenters. The lowest BCUT2D eigenvalue weighted by Gasteiger charge is -2.26. The van der Waals surface area contributed by atoms with Crippen molar-refractivity contribution in [2.75, 3.05) is 5.75 Å². The normalized spacial score (nSPS) is 35.1. The van der Waals surface area contributed by atoms with Crippen molar-refractivity contribution in [3.8, 4) is 0 Å². The van der Waals surface area contributed by atoms with Gasteiger partial charge in [0.15, 0.2) is 15.4 Å². The van der Waals surface area contributed by atoms with Crippen LogP contribution in [0, 0.1) is 0 Å². The van der Waals surface area contributed by atoms with Crippen LogP contribution in [-0.2, 0) is 19.4 Å². The molecule has 0 aromatic carbocycles. The van der Waals surface area contributed by atoms with E-state index < -0.39 is 26.6 Å². The summed E-state index contributed by atoms with van der Waals surface area (Å²) in [7, 11) is -3.40. The van der Waals surface area contributed by atoms with Crippen molar-refractivity contribution < 1.29 is 23.1 Å². The molecule has 0 spiro atoms. The van der Waals surface area contributed by atoms with Crippen molar-refractivity contribution in [1.29, 1.82) is 0 Å². The highest BCUT2D eigenvalue weighted by atomic mass is 32.2. The fourth-order valence-corrected chi connectivity index (χ4v) is 3.49. The van der Waals surface area contributed by atoms with Gasteiger partial charge in [-0.05, 0) is 13.3 Å². The van der Waals surface area contributed by atoms with E-state index in [1.54, 1.807) is 0 Å². The van der Waals surface area contributed by atoms with Gasteiger partial charge in [0, 0.05) is 0 Å². The number of carboxylic acids is 1. The molecule has 0 saturated carbocycles. The summed E-state index contributed by atoms with van der Waals surface area (Å²) in [6.45, 7) is 1.30. The van der Waals surface area contributed by atoms with E-state index in [4.69, 9.17) is 5.11 Å². The lowest BCUT2D eigenvalue weighted by atomic mass is 9.93. The van der Waals surface area contributed by atoms with Crippen LogP contribution >= 0.6 is 0 Å². The molecule has 80 valence electrons. The average molecular weight is 221 g/mol. The zero-order valence-electron chi connectivity index (χ0n) is 7.56. The first-order valence-electron chi connectivity index (χ1n) is 4.03. The zero-order valence-corrected chi connectivity index (χ0v) is 8.37. The van der Waals surface area contributed by atoms with Crippen molar-refractivity contribution in [2.45, 2.75) is 24.1 Å². The Labute approximate surface area is 81.2 Å². The SMILES string of the molecule is CC1C(NC=O)(C(=O)O)CCS1(=O)=O. The minimum absolute atomic E-state index is 0.0788. The highest BCUT2D eigenvalue weighted by Crippen LogP contribution is 2.30. The number of sulfone groups is 1. The molecular weight excluding hydrogens is 210 g/mol. The summed E-state index contributed by atoms with van der Waals surface area (Å²) in [5, 5.41) is 9.93. The summed E-state index contributed by atoms with van der Waals surface area (Å²) < 4.78 is 22.7. The van der Waals surface area contributed by atoms with Gasteiger partial charge in [0.2, 0.25) is 6.41 Å². The van der Waals surface area contributed by atoms with Crippen LogP contribution in [0.15, 0.2) is 0 Å². The predicted molar refractivity (Wildman–Crippen MR) is 47.4 cm³/mol. The first-order chi connectivity index (χ1) is 6.37. The minimum atomic E-state index is -3.40. The Kier molecular flexibility index (Phi) is 2.53. The predicted octanol–water partition coefficient (Wildman–Crippen LogP) is -1.24. The number of amides is 1. The number of rotatable bonds is 3. The maximum atomic E-state index is 11.3. The highest BCUT2D eigenvalue weighted by molar-refractivity contribution is 7.92. The molecule has 1 rings (SSSR count). The quantitative estimate of drug-likeness (QED) is 0.581. The molecule has 2 unspecified atom stereocenters. The Balaban J connectivity index is 3.15. The fraction of sp³-hybridized carbons (Fsp3) is 0.714. The second-order valence-electron chi connectivity index (χ2n) is 3.30. The number of carboxylic acid groups (broad SMARTS) is 1. The lowest BCUT2D eigenvalue weighted by Crippen LogP contribution is -2.57. The van der Waals surface area contributed by atoms with E-state index in [2.05, 4.69) is 5.32 Å². The third-order valence-corrected chi connectivity index (χ3v) is 4.96. The maximum Gasteiger partial charge on any atom is 0.330 e. The van der Waals surface area contributed by atoms with Gasteiger partial charge in [0.1, 0.15) is 0 Å². The molecule has 7 heteroatoms. The molecule has 0 radical (unpaired) electrons. The van der Waals surface area contributed by atoms with Gasteiger partial charge in [0.25, 0.3) is 0 Å². The molecule has 1 saturated heterocycles. The summed E-state index contributed by atoms with van der Waals surface area (Å²) >= 11 is 0. The van der Waals surface area contributed by atoms with Crippen LogP contribution < -0.4 is 5.32 Å². The average Bonchev–Trinajstić information content (AvgIpc) is 2.31. The summed E-state index contributed by atoms with van der Waals surface area (Å²) in [4.78, 5) is 21.2. The van der Waals surface area contributed by atoms with Gasteiger partial charge < -0.3 is 10.4 Å². The number of carbonyl (C=O) groups excluding carboxylic acids is 1. The second-order valence-corrected chi connectivity index (χ2v) is 5.74. The van der Waals surface area contributed by atoms with E-state index in [9.17, 15) is 18.0 Å². The summed E-state index contributed by atoms with van der Waals surface area (Å²) in [6, 6.07) is 0. The molecule has 0 aliphatic carbocycles. The number of hydrogen-bond donors (Lipinski definition) is 2. The van der Waals surface area contributed by atoms with Crippen molar-refractivity contribution in [2.24, 2.45) is 0 Å². The van der Waals surface area contributed by atoms with Crippen LogP contribution in [0.1, 0.15) is 13.3 Å². The molecule has 1 heterocycles. The molecule has 1 aliphatic rings. The third kappa shape index (κ3) is 1.37. The van der Waals surface area contributed by atoms with Gasteiger partial charge in [-0.15, -0.1) is 0 Å². The van der Waals surface area contributed by atoms with E-state index >= 15 is 0 Å². The van der Waals surface area contributed by atoms with Crippen molar-refractivity contribution in [3.63, 3.8) is 0 Å². The van der Waals surface area contributed by atoms with Gasteiger partial charge >= 0.3 is 5.97 Å². The Morgan fingerprint density at radius 3 is 2.50 bits per heavy atom. The van der Waals surface area contributed by atoms with E-state index in [1.165, 1.54) is 6.92 Å². The smallest absolute Gasteiger partial charge is 0.330 e. The molecule has 0 aromatic heterocycles. The standard InChI is InChI=1S/C7H11NO5S/c1-5-7(6(10)11,8-4-9)2-3-14(5,12)13/h4-5H,2-3H2,1H3,(H,8,9)(H,10,11). The number of carbonyl (C=O) groups is 2. The first kappa shape index (κ1) is 11.0. The topological polar surface area (TPSA) is 101 Å². The van der Waals surface area contributed by atoms with Gasteiger partial charge in [-0.3, -0.25) is 4.79 Å². The molecule has 2 N–H and O–H groups in total. The van der Waals surface area contributed by atoms with Gasteiger partial charge in [-0.25, -0.2) is 13.2 Å². The van der Waals surface area contributed by atoms with Gasteiger partial charge in [-0.1, -0.05) is 0 Å². The molecule has 0 bridgehead atoms. The number of nitrogens with one attached hydrogen (secondary N) is 1. The van der Waals surface area contributed by atoms with Crippen LogP contribution in [-0.4, -0.2) is 42.4 Å². The Morgan fingerprint density at radius 1 is 1.64 bits per heavy atom. The molecule has 14 heavy (non-hydrogen) atoms. The van der Waals surface area contributed by atoms with Crippen LogP contribution in [0.2, 0.25) is 0 Å². The highest BCUT2D eigenvalue weighted by Gasteiger charge is 2.55. The van der Waals surface area contributed by atoms with E-state index in [0.717, 1.165) is 0 Å². The Bertz CT molecular complexity index is 362. The summed E-state index contributed by atoms with van der Waals surface area (Å²) in [5.74, 6) is -1.51. The van der Waals surface area contributed by atoms with Crippen molar-refractivity contribution in [1.82, 2.24) is 5.32 Å². The molecule has 6 nitrogen and oxygen atoms in total.